The van der Waals surface area contributed by atoms with Gasteiger partial charge in [0.25, 0.3) is 0 Å². The Morgan fingerprint density at radius 3 is 1.73 bits per heavy atom. The van der Waals surface area contributed by atoms with Gasteiger partial charge in [-0.3, -0.25) is 0 Å². The fourth-order valence-corrected chi connectivity index (χ4v) is 4.51. The molecule has 3 unspecified atom stereocenters. The van der Waals surface area contributed by atoms with Crippen molar-refractivity contribution in [3.8, 4) is 0 Å². The molecule has 3 atom stereocenters. The molecule has 0 aliphatic heterocycles. The summed E-state index contributed by atoms with van der Waals surface area (Å²) in [5.41, 5.74) is 0. The fourth-order valence-electron chi connectivity index (χ4n) is 4.51. The van der Waals surface area contributed by atoms with Crippen LogP contribution in [0, 0.1) is 17.8 Å². The number of aliphatic hydroxyl groups is 2. The lowest BCUT2D eigenvalue weighted by molar-refractivity contribution is 0.0266. The molecule has 180 valence electrons. The van der Waals surface area contributed by atoms with Crippen LogP contribution in [0.1, 0.15) is 137 Å². The van der Waals surface area contributed by atoms with Crippen LogP contribution >= 0.6 is 0 Å². The maximum Gasteiger partial charge on any atom is 0.0573 e. The predicted molar refractivity (Wildman–Crippen MR) is 134 cm³/mol. The maximum absolute atomic E-state index is 9.71. The van der Waals surface area contributed by atoms with Crippen molar-refractivity contribution in [2.24, 2.45) is 17.8 Å². The zero-order chi connectivity index (χ0) is 22.5. The molecular weight excluding hydrogens is 368 g/mol. The smallest absolute Gasteiger partial charge is 0.0573 e. The van der Waals surface area contributed by atoms with Crippen LogP contribution in [0.5, 0.6) is 0 Å². The van der Waals surface area contributed by atoms with E-state index in [4.69, 9.17) is 5.11 Å². The Kier molecular flexibility index (Phi) is 21.6. The van der Waals surface area contributed by atoms with Crippen molar-refractivity contribution in [3.05, 3.63) is 12.2 Å². The molecule has 1 aliphatic carbocycles. The van der Waals surface area contributed by atoms with E-state index in [1.807, 2.05) is 0 Å². The summed E-state index contributed by atoms with van der Waals surface area (Å²) in [6.07, 6.45) is 26.7. The summed E-state index contributed by atoms with van der Waals surface area (Å²) in [4.78, 5) is 0. The number of unbranched alkanes of at least 4 members (excludes halogenated alkanes) is 12. The molecule has 0 bridgehead atoms. The van der Waals surface area contributed by atoms with E-state index in [1.165, 1.54) is 96.3 Å². The van der Waals surface area contributed by atoms with Gasteiger partial charge in [0.1, 0.15) is 0 Å². The zero-order valence-corrected chi connectivity index (χ0v) is 21.1. The van der Waals surface area contributed by atoms with Gasteiger partial charge in [0.15, 0.2) is 0 Å². The van der Waals surface area contributed by atoms with Gasteiger partial charge < -0.3 is 10.2 Å². The summed E-state index contributed by atoms with van der Waals surface area (Å²) in [6.45, 7) is 9.30. The summed E-state index contributed by atoms with van der Waals surface area (Å²) >= 11 is 0. The molecular formula is C28H56O2. The Bertz CT molecular complexity index is 364. The van der Waals surface area contributed by atoms with Gasteiger partial charge in [0.2, 0.25) is 0 Å². The number of aliphatic hydroxyl groups excluding tert-OH is 2. The summed E-state index contributed by atoms with van der Waals surface area (Å²) in [7, 11) is 0. The summed E-state index contributed by atoms with van der Waals surface area (Å²) < 4.78 is 0. The second-order valence-electron chi connectivity index (χ2n) is 10.1. The monoisotopic (exact) mass is 424 g/mol. The third-order valence-corrected chi connectivity index (χ3v) is 6.66. The second kappa shape index (κ2) is 21.9. The van der Waals surface area contributed by atoms with Crippen molar-refractivity contribution in [1.82, 2.24) is 0 Å². The van der Waals surface area contributed by atoms with Crippen LogP contribution in [-0.2, 0) is 0 Å². The lowest BCUT2D eigenvalue weighted by atomic mass is 9.75. The topological polar surface area (TPSA) is 40.5 Å². The van der Waals surface area contributed by atoms with Crippen molar-refractivity contribution in [1.29, 1.82) is 0 Å². The first-order chi connectivity index (χ1) is 14.5. The van der Waals surface area contributed by atoms with Gasteiger partial charge in [0.05, 0.1) is 6.10 Å². The standard InChI is InChI=1S/C18H36O.C10H20O/c1-2-3-4-5-6-7-8-9-10-11-12-13-14-15-16-17-18-19;1-7(2)9-5-4-8(3)6-10(9)11/h9-10,19H,2-8,11-18H2,1H3;7-11H,4-6H2,1-3H3/b10-9-;. The summed E-state index contributed by atoms with van der Waals surface area (Å²) in [5, 5.41) is 18.4. The Labute approximate surface area is 189 Å². The van der Waals surface area contributed by atoms with Crippen molar-refractivity contribution in [3.63, 3.8) is 0 Å². The first-order valence-corrected chi connectivity index (χ1v) is 13.5. The largest absolute Gasteiger partial charge is 0.396 e. The van der Waals surface area contributed by atoms with Crippen LogP contribution in [0.3, 0.4) is 0 Å². The van der Waals surface area contributed by atoms with Gasteiger partial charge in [-0.05, 0) is 62.7 Å². The molecule has 1 fully saturated rings. The quantitative estimate of drug-likeness (QED) is 0.193. The highest BCUT2D eigenvalue weighted by atomic mass is 16.3. The molecule has 2 nitrogen and oxygen atoms in total. The third-order valence-electron chi connectivity index (χ3n) is 6.66. The highest BCUT2D eigenvalue weighted by Crippen LogP contribution is 2.33. The van der Waals surface area contributed by atoms with E-state index in [-0.39, 0.29) is 6.10 Å². The summed E-state index contributed by atoms with van der Waals surface area (Å²) in [5.74, 6) is 1.95. The van der Waals surface area contributed by atoms with Gasteiger partial charge in [-0.2, -0.15) is 0 Å². The number of allylic oxidation sites excluding steroid dienone is 2. The van der Waals surface area contributed by atoms with E-state index in [9.17, 15) is 5.11 Å². The van der Waals surface area contributed by atoms with E-state index >= 15 is 0 Å². The van der Waals surface area contributed by atoms with Crippen molar-refractivity contribution < 1.29 is 10.2 Å². The highest BCUT2D eigenvalue weighted by Gasteiger charge is 2.28. The van der Waals surface area contributed by atoms with Gasteiger partial charge in [0, 0.05) is 6.61 Å². The normalized spacial score (nSPS) is 21.8. The van der Waals surface area contributed by atoms with E-state index in [2.05, 4.69) is 39.8 Å². The molecule has 1 aliphatic rings. The van der Waals surface area contributed by atoms with E-state index in [0.717, 1.165) is 18.8 Å². The lowest BCUT2D eigenvalue weighted by Crippen LogP contribution is -2.31. The number of hydrogen-bond donors (Lipinski definition) is 2. The average molecular weight is 425 g/mol. The predicted octanol–water partition coefficient (Wildman–Crippen LogP) is 8.46. The molecule has 0 saturated heterocycles. The minimum absolute atomic E-state index is 0.0289. The van der Waals surface area contributed by atoms with E-state index < -0.39 is 0 Å². The number of rotatable bonds is 16. The molecule has 2 heteroatoms. The Balaban J connectivity index is 0.000000642. The fraction of sp³-hybridized carbons (Fsp3) is 0.929. The highest BCUT2D eigenvalue weighted by molar-refractivity contribution is 4.81. The van der Waals surface area contributed by atoms with Crippen LogP contribution in [0.4, 0.5) is 0 Å². The van der Waals surface area contributed by atoms with E-state index in [1.54, 1.807) is 0 Å². The first-order valence-electron chi connectivity index (χ1n) is 13.5. The molecule has 0 radical (unpaired) electrons. The average Bonchev–Trinajstić information content (AvgIpc) is 2.71. The molecule has 0 heterocycles. The van der Waals surface area contributed by atoms with Crippen LogP contribution in [0.25, 0.3) is 0 Å². The molecule has 30 heavy (non-hydrogen) atoms. The van der Waals surface area contributed by atoms with Crippen LogP contribution in [-0.4, -0.2) is 22.9 Å². The minimum atomic E-state index is -0.0289. The van der Waals surface area contributed by atoms with Crippen LogP contribution in [0.2, 0.25) is 0 Å². The van der Waals surface area contributed by atoms with Gasteiger partial charge in [-0.25, -0.2) is 0 Å². The molecule has 0 aromatic carbocycles. The van der Waals surface area contributed by atoms with Gasteiger partial charge in [-0.15, -0.1) is 0 Å². The number of hydrogen-bond acceptors (Lipinski definition) is 2. The zero-order valence-electron chi connectivity index (χ0n) is 21.1. The third kappa shape index (κ3) is 18.4. The molecule has 0 aromatic heterocycles. The Hall–Kier alpha value is -0.340. The molecule has 2 N–H and O–H groups in total. The Morgan fingerprint density at radius 1 is 0.767 bits per heavy atom. The van der Waals surface area contributed by atoms with Crippen LogP contribution in [0.15, 0.2) is 12.2 Å². The minimum Gasteiger partial charge on any atom is -0.396 e. The van der Waals surface area contributed by atoms with Crippen molar-refractivity contribution >= 4 is 0 Å². The van der Waals surface area contributed by atoms with Crippen molar-refractivity contribution in [2.45, 2.75) is 143 Å². The molecule has 0 amide bonds. The molecule has 0 spiro atoms. The molecule has 0 aromatic rings. The van der Waals surface area contributed by atoms with Crippen molar-refractivity contribution in [2.75, 3.05) is 6.61 Å². The second-order valence-corrected chi connectivity index (χ2v) is 10.1. The van der Waals surface area contributed by atoms with Gasteiger partial charge >= 0.3 is 0 Å². The lowest BCUT2D eigenvalue weighted by Gasteiger charge is -2.33. The van der Waals surface area contributed by atoms with Crippen LogP contribution < -0.4 is 0 Å². The van der Waals surface area contributed by atoms with E-state index in [0.29, 0.717) is 18.4 Å². The maximum atomic E-state index is 9.71. The summed E-state index contributed by atoms with van der Waals surface area (Å²) in [6, 6.07) is 0. The molecule has 1 saturated carbocycles. The van der Waals surface area contributed by atoms with Gasteiger partial charge in [-0.1, -0.05) is 104 Å². The first kappa shape index (κ1) is 29.7. The SMILES string of the molecule is CC1CCC(C(C)C)C(O)C1.CCCCCCCC/C=C\CCCCCCCCO. The Morgan fingerprint density at radius 2 is 1.27 bits per heavy atom. The molecule has 1 rings (SSSR count).